The van der Waals surface area contributed by atoms with E-state index in [-0.39, 0.29) is 48.8 Å². The number of para-hydroxylation sites is 2. The maximum Gasteiger partial charge on any atom is 0.329 e. The van der Waals surface area contributed by atoms with E-state index in [1.807, 2.05) is 12.1 Å². The van der Waals surface area contributed by atoms with Crippen molar-refractivity contribution in [2.75, 3.05) is 52.6 Å². The Bertz CT molecular complexity index is 2710. The van der Waals surface area contributed by atoms with E-state index in [9.17, 15) is 28.8 Å². The van der Waals surface area contributed by atoms with Gasteiger partial charge in [-0.2, -0.15) is 0 Å². The Balaban J connectivity index is 1.04. The Morgan fingerprint density at radius 3 is 1.28 bits per heavy atom. The van der Waals surface area contributed by atoms with Gasteiger partial charge in [0.05, 0.1) is 13.1 Å². The van der Waals surface area contributed by atoms with Gasteiger partial charge in [0.15, 0.2) is 26.4 Å². The Labute approximate surface area is 417 Å². The lowest BCUT2D eigenvalue weighted by Gasteiger charge is -2.21. The maximum absolute atomic E-state index is 13.4. The third-order valence-electron chi connectivity index (χ3n) is 10.4. The second kappa shape index (κ2) is 28.8. The number of ether oxygens (including phenoxy) is 4. The normalized spacial score (nSPS) is 14.4. The average molecular weight is 967 g/mol. The van der Waals surface area contributed by atoms with Gasteiger partial charge in [-0.1, -0.05) is 132 Å². The third kappa shape index (κ3) is 17.9. The highest BCUT2D eigenvalue weighted by Gasteiger charge is 2.27. The van der Waals surface area contributed by atoms with E-state index in [1.54, 1.807) is 121 Å². The predicted molar refractivity (Wildman–Crippen MR) is 266 cm³/mol. The molecule has 72 heavy (non-hydrogen) atoms. The van der Waals surface area contributed by atoms with Crippen LogP contribution in [0.2, 0.25) is 0 Å². The molecule has 0 bridgehead atoms. The SMILES string of the molecule is O=C(COc1ccccc1N=Nc1ccccc1OCC(=O)N[C@@H](Cc1ccccc1)C(=O)OCC(=O)N1CC#C/C=C\C#CCC1)N[C@@H](Cc1ccccc1)C(=O)OCC(=O)N1CC#C/C=C\C#CCC1. The molecule has 0 spiro atoms. The number of esters is 2. The first kappa shape index (κ1) is 52.0. The maximum atomic E-state index is 13.4. The summed E-state index contributed by atoms with van der Waals surface area (Å²) in [5, 5.41) is 14.0. The van der Waals surface area contributed by atoms with E-state index in [4.69, 9.17) is 18.9 Å². The van der Waals surface area contributed by atoms with E-state index in [0.717, 1.165) is 11.1 Å². The minimum absolute atomic E-state index is 0.0820. The largest absolute Gasteiger partial charge is 0.481 e. The summed E-state index contributed by atoms with van der Waals surface area (Å²) < 4.78 is 22.6. The molecular formula is C56H50N6O10. The first-order valence-corrected chi connectivity index (χ1v) is 22.9. The van der Waals surface area contributed by atoms with Gasteiger partial charge in [0.2, 0.25) is 0 Å². The lowest BCUT2D eigenvalue weighted by molar-refractivity contribution is -0.154. The number of azo groups is 1. The van der Waals surface area contributed by atoms with Crippen LogP contribution in [0.1, 0.15) is 24.0 Å². The zero-order valence-corrected chi connectivity index (χ0v) is 39.2. The number of benzene rings is 4. The van der Waals surface area contributed by atoms with Gasteiger partial charge < -0.3 is 39.4 Å². The van der Waals surface area contributed by atoms with Crippen LogP contribution in [0.3, 0.4) is 0 Å². The van der Waals surface area contributed by atoms with Crippen LogP contribution >= 0.6 is 0 Å². The van der Waals surface area contributed by atoms with Gasteiger partial charge in [-0.25, -0.2) is 9.59 Å². The first-order chi connectivity index (χ1) is 35.2. The van der Waals surface area contributed by atoms with Crippen molar-refractivity contribution in [2.24, 2.45) is 10.2 Å². The molecule has 0 unspecified atom stereocenters. The fourth-order valence-corrected chi connectivity index (χ4v) is 6.72. The third-order valence-corrected chi connectivity index (χ3v) is 10.4. The van der Waals surface area contributed by atoms with Crippen molar-refractivity contribution in [1.29, 1.82) is 0 Å². The van der Waals surface area contributed by atoms with Crippen LogP contribution in [0, 0.1) is 47.4 Å². The van der Waals surface area contributed by atoms with Crippen molar-refractivity contribution >= 4 is 46.9 Å². The topological polar surface area (TPSA) is 195 Å². The molecule has 0 saturated carbocycles. The molecule has 4 aromatic carbocycles. The van der Waals surface area contributed by atoms with Crippen LogP contribution in [-0.2, 0) is 51.1 Å². The molecule has 0 radical (unpaired) electrons. The number of rotatable bonds is 20. The molecular weight excluding hydrogens is 917 g/mol. The van der Waals surface area contributed by atoms with Crippen molar-refractivity contribution in [2.45, 2.75) is 37.8 Å². The van der Waals surface area contributed by atoms with Crippen LogP contribution in [-0.4, -0.2) is 110 Å². The molecule has 16 heteroatoms. The van der Waals surface area contributed by atoms with Crippen LogP contribution in [0.5, 0.6) is 11.5 Å². The summed E-state index contributed by atoms with van der Waals surface area (Å²) in [7, 11) is 0. The highest BCUT2D eigenvalue weighted by atomic mass is 16.5. The number of hydrogen-bond donors (Lipinski definition) is 2. The summed E-state index contributed by atoms with van der Waals surface area (Å²) in [5.41, 5.74) is 1.98. The Kier molecular flexibility index (Phi) is 20.8. The number of amides is 4. The Morgan fingerprint density at radius 1 is 0.486 bits per heavy atom. The van der Waals surface area contributed by atoms with Gasteiger partial charge in [0, 0.05) is 38.8 Å². The quantitative estimate of drug-likeness (QED) is 0.0693. The predicted octanol–water partition coefficient (Wildman–Crippen LogP) is 4.99. The molecule has 4 amide bonds. The molecule has 2 aliphatic rings. The van der Waals surface area contributed by atoms with Crippen LogP contribution in [0.15, 0.2) is 144 Å². The number of hydrogen-bond acceptors (Lipinski definition) is 12. The minimum Gasteiger partial charge on any atom is -0.481 e. The molecule has 2 aliphatic heterocycles. The molecule has 4 aromatic rings. The number of allylic oxidation sites excluding steroid dienone is 4. The van der Waals surface area contributed by atoms with Crippen molar-refractivity contribution in [3.63, 3.8) is 0 Å². The summed E-state index contributed by atoms with van der Waals surface area (Å²) >= 11 is 0. The van der Waals surface area contributed by atoms with Gasteiger partial charge in [-0.05, 0) is 59.7 Å². The monoisotopic (exact) mass is 966 g/mol. The van der Waals surface area contributed by atoms with Crippen LogP contribution in [0.4, 0.5) is 11.4 Å². The second-order valence-corrected chi connectivity index (χ2v) is 15.6. The molecule has 0 fully saturated rings. The van der Waals surface area contributed by atoms with E-state index >= 15 is 0 Å². The molecule has 6 rings (SSSR count). The van der Waals surface area contributed by atoms with Gasteiger partial charge >= 0.3 is 11.9 Å². The van der Waals surface area contributed by atoms with Crippen molar-refractivity contribution < 1.29 is 47.7 Å². The Hall–Kier alpha value is -9.38. The van der Waals surface area contributed by atoms with Crippen LogP contribution in [0.25, 0.3) is 0 Å². The summed E-state index contributed by atoms with van der Waals surface area (Å²) in [6.07, 6.45) is 7.48. The van der Waals surface area contributed by atoms with E-state index in [2.05, 4.69) is 68.2 Å². The summed E-state index contributed by atoms with van der Waals surface area (Å²) in [6.45, 7) is -1.24. The summed E-state index contributed by atoms with van der Waals surface area (Å²) in [6, 6.07) is 28.9. The van der Waals surface area contributed by atoms with Gasteiger partial charge in [0.1, 0.15) is 35.0 Å². The number of nitrogens with zero attached hydrogens (tertiary/aromatic N) is 4. The lowest BCUT2D eigenvalue weighted by atomic mass is 10.1. The highest BCUT2D eigenvalue weighted by Crippen LogP contribution is 2.32. The van der Waals surface area contributed by atoms with Gasteiger partial charge in [-0.15, -0.1) is 10.2 Å². The highest BCUT2D eigenvalue weighted by molar-refractivity contribution is 5.88. The van der Waals surface area contributed by atoms with E-state index in [1.165, 1.54) is 9.80 Å². The van der Waals surface area contributed by atoms with Crippen molar-refractivity contribution in [3.8, 4) is 58.9 Å². The Morgan fingerprint density at radius 2 is 0.861 bits per heavy atom. The summed E-state index contributed by atoms with van der Waals surface area (Å²) in [5.74, 6) is 19.5. The van der Waals surface area contributed by atoms with E-state index < -0.39 is 74.1 Å². The van der Waals surface area contributed by atoms with Gasteiger partial charge in [-0.3, -0.25) is 19.2 Å². The molecule has 0 aliphatic carbocycles. The zero-order valence-electron chi connectivity index (χ0n) is 39.2. The molecule has 364 valence electrons. The molecule has 16 nitrogen and oxygen atoms in total. The molecule has 2 atom stereocenters. The number of carbonyl (C=O) groups excluding carboxylic acids is 6. The standard InChI is InChI=1S/C56H50N6O10/c63-51(57-47(37-43-25-13-11-14-26-43)55(67)71-41-53(65)61-33-21-7-3-1-4-8-22-34-61)39-69-49-31-19-17-29-45(49)59-60-46-30-18-20-32-50(46)70-40-52(64)58-48(38-44-27-15-12-16-28-44)56(68)72-42-54(66)62-35-23-9-5-2-6-10-24-36-62/h1-3,5,11-20,25-32,47-48H,22,24,33-42H2,(H,57,63)(H,58,64)/b3-1-,5-2-,60-59?/t47-,48-/m0/s1. The summed E-state index contributed by atoms with van der Waals surface area (Å²) in [4.78, 5) is 82.5. The van der Waals surface area contributed by atoms with Gasteiger partial charge in [0.25, 0.3) is 23.6 Å². The second-order valence-electron chi connectivity index (χ2n) is 15.6. The van der Waals surface area contributed by atoms with E-state index in [0.29, 0.717) is 25.9 Å². The molecule has 2 heterocycles. The fourth-order valence-electron chi connectivity index (χ4n) is 6.72. The molecule has 0 aromatic heterocycles. The smallest absolute Gasteiger partial charge is 0.329 e. The van der Waals surface area contributed by atoms with Crippen LogP contribution < -0.4 is 20.1 Å². The fraction of sp³-hybridized carbons (Fsp3) is 0.250. The first-order valence-electron chi connectivity index (χ1n) is 22.9. The minimum atomic E-state index is -1.15. The van der Waals surface area contributed by atoms with Crippen molar-refractivity contribution in [1.82, 2.24) is 20.4 Å². The zero-order chi connectivity index (χ0) is 50.6. The lowest BCUT2D eigenvalue weighted by Crippen LogP contribution is -2.46. The average Bonchev–Trinajstić information content (AvgIpc) is 3.41. The molecule has 2 N–H and O–H groups in total. The molecule has 0 saturated heterocycles. The number of carbonyl (C=O) groups is 6. The number of nitrogens with one attached hydrogen (secondary N) is 2. The van der Waals surface area contributed by atoms with Crippen molar-refractivity contribution in [3.05, 3.63) is 145 Å².